The van der Waals surface area contributed by atoms with E-state index in [9.17, 15) is 0 Å². The van der Waals surface area contributed by atoms with Crippen molar-refractivity contribution < 1.29 is 28.1 Å². The minimum absolute atomic E-state index is 0.0318. The van der Waals surface area contributed by atoms with Crippen molar-refractivity contribution in [1.29, 1.82) is 0 Å². The molecule has 1 unspecified atom stereocenters. The van der Waals surface area contributed by atoms with E-state index in [1.807, 2.05) is 13.8 Å². The first-order valence-corrected chi connectivity index (χ1v) is 10.7. The van der Waals surface area contributed by atoms with Crippen LogP contribution in [-0.2, 0) is 28.1 Å². The Balaban J connectivity index is 2.54. The fraction of sp³-hybridized carbons (Fsp3) is 1.00. The average molecular weight is 428 g/mol. The Kier molecular flexibility index (Phi) is 5.05. The third-order valence-electron chi connectivity index (χ3n) is 2.51. The molecule has 1 aliphatic rings. The number of hydrogen-bond donors (Lipinski definition) is 0. The summed E-state index contributed by atoms with van der Waals surface area (Å²) < 4.78 is 10.5. The molecule has 0 N–H and O–H groups in total. The zero-order valence-corrected chi connectivity index (χ0v) is 13.7. The van der Waals surface area contributed by atoms with E-state index in [0.717, 1.165) is 0 Å². The molecular formula is C8H14Cl2O2PW+. The van der Waals surface area contributed by atoms with E-state index in [-0.39, 0.29) is 23.9 Å². The molecule has 0 amide bonds. The van der Waals surface area contributed by atoms with Crippen molar-refractivity contribution in [2.24, 2.45) is 5.92 Å². The first-order valence-electron chi connectivity index (χ1n) is 4.42. The van der Waals surface area contributed by atoms with Crippen molar-refractivity contribution in [3.05, 3.63) is 0 Å². The Morgan fingerprint density at radius 2 is 2.07 bits per heavy atom. The summed E-state index contributed by atoms with van der Waals surface area (Å²) in [6.07, 6.45) is -0.0916. The SMILES string of the molecule is C[C@@H]1O[C@H](CO[P+](C)=[W])[C@@H](C)C1(Cl)Cl. The van der Waals surface area contributed by atoms with Crippen LogP contribution < -0.4 is 0 Å². The number of alkyl halides is 2. The molecule has 1 rings (SSSR count). The van der Waals surface area contributed by atoms with Gasteiger partial charge in [-0.05, 0) is 0 Å². The van der Waals surface area contributed by atoms with Gasteiger partial charge in [0.15, 0.2) is 0 Å². The predicted molar refractivity (Wildman–Crippen MR) is 56.7 cm³/mol. The molecule has 14 heavy (non-hydrogen) atoms. The van der Waals surface area contributed by atoms with Crippen LogP contribution in [0, 0.1) is 5.92 Å². The summed E-state index contributed by atoms with van der Waals surface area (Å²) in [5.74, 6) is -0.147. The molecule has 1 fully saturated rings. The maximum atomic E-state index is 6.17. The Labute approximate surface area is 106 Å². The molecule has 0 aromatic carbocycles. The summed E-state index contributed by atoms with van der Waals surface area (Å²) in [5, 5.41) is 0. The molecule has 1 heterocycles. The Hall–Kier alpha value is 1.49. The van der Waals surface area contributed by atoms with Crippen molar-refractivity contribution in [2.45, 2.75) is 30.4 Å². The fourth-order valence-electron chi connectivity index (χ4n) is 1.45. The second-order valence-corrected chi connectivity index (χ2v) is 11.6. The van der Waals surface area contributed by atoms with Gasteiger partial charge < -0.3 is 0 Å². The normalized spacial score (nSPS) is 37.2. The van der Waals surface area contributed by atoms with Gasteiger partial charge in [0.05, 0.1) is 0 Å². The molecule has 0 aliphatic carbocycles. The van der Waals surface area contributed by atoms with Gasteiger partial charge in [-0.3, -0.25) is 0 Å². The molecule has 4 atom stereocenters. The summed E-state index contributed by atoms with van der Waals surface area (Å²) in [6.45, 7) is 6.63. The zero-order chi connectivity index (χ0) is 10.9. The summed E-state index contributed by atoms with van der Waals surface area (Å²) in [7, 11) is 0. The second kappa shape index (κ2) is 5.21. The van der Waals surface area contributed by atoms with Gasteiger partial charge in [-0.25, -0.2) is 0 Å². The topological polar surface area (TPSA) is 18.5 Å². The third-order valence-corrected chi connectivity index (χ3v) is 5.46. The monoisotopic (exact) mass is 427 g/mol. The van der Waals surface area contributed by atoms with Crippen LogP contribution in [0.4, 0.5) is 0 Å². The van der Waals surface area contributed by atoms with Crippen LogP contribution in [-0.4, -0.2) is 29.8 Å². The first-order chi connectivity index (χ1) is 6.35. The summed E-state index contributed by atoms with van der Waals surface area (Å²) in [5.41, 5.74) is 0. The van der Waals surface area contributed by atoms with E-state index < -0.39 is 4.33 Å². The first kappa shape index (κ1) is 13.6. The van der Waals surface area contributed by atoms with Gasteiger partial charge in [0.2, 0.25) is 0 Å². The molecule has 1 aliphatic heterocycles. The number of rotatable bonds is 3. The van der Waals surface area contributed by atoms with Crippen LogP contribution in [0.2, 0.25) is 0 Å². The molecule has 2 nitrogen and oxygen atoms in total. The average Bonchev–Trinajstić information content (AvgIpc) is 2.26. The van der Waals surface area contributed by atoms with Gasteiger partial charge in [0.1, 0.15) is 0 Å². The summed E-state index contributed by atoms with van der Waals surface area (Å²) >= 11 is 13.8. The molecule has 0 aromatic rings. The van der Waals surface area contributed by atoms with Crippen LogP contribution in [0.15, 0.2) is 0 Å². The molecule has 0 radical (unpaired) electrons. The fourth-order valence-corrected chi connectivity index (χ4v) is 2.85. The summed E-state index contributed by atoms with van der Waals surface area (Å²) in [6, 6.07) is 0. The molecule has 0 bridgehead atoms. The molecular weight excluding hydrogens is 414 g/mol. The van der Waals surface area contributed by atoms with E-state index >= 15 is 0 Å². The molecule has 0 saturated carbocycles. The second-order valence-electron chi connectivity index (χ2n) is 3.52. The predicted octanol–water partition coefficient (Wildman–Crippen LogP) is 3.09. The number of halogens is 2. The number of ether oxygens (including phenoxy) is 1. The van der Waals surface area contributed by atoms with Crippen molar-refractivity contribution in [2.75, 3.05) is 13.3 Å². The molecule has 0 spiro atoms. The van der Waals surface area contributed by atoms with Gasteiger partial charge >= 0.3 is 107 Å². The van der Waals surface area contributed by atoms with Gasteiger partial charge in [-0.2, -0.15) is 0 Å². The van der Waals surface area contributed by atoms with Gasteiger partial charge in [0.25, 0.3) is 0 Å². The van der Waals surface area contributed by atoms with E-state index in [2.05, 4.69) is 6.66 Å². The Bertz CT molecular complexity index is 237. The zero-order valence-electron chi connectivity index (χ0n) is 8.37. The van der Waals surface area contributed by atoms with Crippen LogP contribution in [0.25, 0.3) is 0 Å². The van der Waals surface area contributed by atoms with E-state index in [4.69, 9.17) is 32.5 Å². The molecule has 0 aromatic heterocycles. The van der Waals surface area contributed by atoms with Crippen molar-refractivity contribution in [1.82, 2.24) is 0 Å². The molecule has 1 saturated heterocycles. The minimum atomic E-state index is -0.773. The van der Waals surface area contributed by atoms with E-state index in [1.165, 1.54) is 18.8 Å². The van der Waals surface area contributed by atoms with Crippen LogP contribution >= 0.6 is 29.0 Å². The summed E-state index contributed by atoms with van der Waals surface area (Å²) in [4.78, 5) is 0. The van der Waals surface area contributed by atoms with Crippen LogP contribution in [0.5, 0.6) is 0 Å². The quantitative estimate of drug-likeness (QED) is 0.509. The van der Waals surface area contributed by atoms with Crippen molar-refractivity contribution in [3.8, 4) is 0 Å². The van der Waals surface area contributed by atoms with Crippen LogP contribution in [0.1, 0.15) is 13.8 Å². The standard InChI is InChI=1S/C8H14Cl2O2P.W/c1-5-7(4-11-13-3)12-6(2)8(5,9)10;/h5-7H,4H2,1-3H3;/q-1;+2/t5-,6+,7-;/m1./s1. The number of hydrogen-bond acceptors (Lipinski definition) is 2. The molecule has 82 valence electrons. The van der Waals surface area contributed by atoms with Gasteiger partial charge in [-0.15, -0.1) is 0 Å². The van der Waals surface area contributed by atoms with Crippen molar-refractivity contribution >= 4 is 29.0 Å². The van der Waals surface area contributed by atoms with E-state index in [0.29, 0.717) is 6.61 Å². The van der Waals surface area contributed by atoms with E-state index in [1.54, 1.807) is 0 Å². The maximum absolute atomic E-state index is 6.17. The Morgan fingerprint density at radius 1 is 1.50 bits per heavy atom. The van der Waals surface area contributed by atoms with Gasteiger partial charge in [-0.1, -0.05) is 0 Å². The van der Waals surface area contributed by atoms with Crippen LogP contribution in [0.3, 0.4) is 0 Å². The Morgan fingerprint density at radius 3 is 2.43 bits per heavy atom. The van der Waals surface area contributed by atoms with Crippen molar-refractivity contribution in [3.63, 3.8) is 0 Å². The third kappa shape index (κ3) is 3.00. The van der Waals surface area contributed by atoms with Gasteiger partial charge in [0, 0.05) is 0 Å². The molecule has 6 heteroatoms.